The summed E-state index contributed by atoms with van der Waals surface area (Å²) >= 11 is 0. The van der Waals surface area contributed by atoms with Crippen LogP contribution in [-0.4, -0.2) is 30.7 Å². The molecular formula is C16H25N3O2. The van der Waals surface area contributed by atoms with Gasteiger partial charge in [-0.3, -0.25) is 0 Å². The fourth-order valence-electron chi connectivity index (χ4n) is 2.48. The minimum Gasteiger partial charge on any atom is -0.492 e. The van der Waals surface area contributed by atoms with Gasteiger partial charge in [0.2, 0.25) is 0 Å². The molecule has 0 amide bonds. The van der Waals surface area contributed by atoms with Crippen LogP contribution in [0.15, 0.2) is 29.4 Å². The Hall–Kier alpha value is -1.75. The summed E-state index contributed by atoms with van der Waals surface area (Å²) in [5.41, 5.74) is 6.71. The zero-order valence-corrected chi connectivity index (χ0v) is 12.8. The summed E-state index contributed by atoms with van der Waals surface area (Å²) in [6.45, 7) is 7.16. The van der Waals surface area contributed by atoms with Crippen LogP contribution in [0.25, 0.3) is 0 Å². The Morgan fingerprint density at radius 3 is 2.57 bits per heavy atom. The maximum absolute atomic E-state index is 8.59. The third-order valence-corrected chi connectivity index (χ3v) is 4.40. The molecule has 0 atom stereocenters. The third-order valence-electron chi connectivity index (χ3n) is 4.40. The van der Waals surface area contributed by atoms with Crippen molar-refractivity contribution in [2.24, 2.45) is 22.2 Å². The zero-order chi connectivity index (χ0) is 15.3. The van der Waals surface area contributed by atoms with Crippen molar-refractivity contribution in [2.75, 3.05) is 19.7 Å². The van der Waals surface area contributed by atoms with E-state index < -0.39 is 0 Å². The van der Waals surface area contributed by atoms with E-state index in [2.05, 4.69) is 24.3 Å². The van der Waals surface area contributed by atoms with Crippen molar-refractivity contribution >= 4 is 5.84 Å². The lowest BCUT2D eigenvalue weighted by Gasteiger charge is -2.20. The van der Waals surface area contributed by atoms with Gasteiger partial charge in [-0.1, -0.05) is 19.0 Å². The zero-order valence-electron chi connectivity index (χ0n) is 12.8. The Bertz CT molecular complexity index is 479. The number of nitrogens with two attached hydrogens (primary N) is 1. The minimum absolute atomic E-state index is 0.103. The Morgan fingerprint density at radius 2 is 2.05 bits per heavy atom. The van der Waals surface area contributed by atoms with Crippen LogP contribution in [0, 0.1) is 11.3 Å². The van der Waals surface area contributed by atoms with E-state index in [0.29, 0.717) is 17.6 Å². The van der Waals surface area contributed by atoms with Crippen molar-refractivity contribution in [1.82, 2.24) is 5.32 Å². The Balaban J connectivity index is 1.67. The van der Waals surface area contributed by atoms with E-state index in [9.17, 15) is 0 Å². The van der Waals surface area contributed by atoms with E-state index in [1.54, 1.807) is 12.1 Å². The summed E-state index contributed by atoms with van der Waals surface area (Å²) < 4.78 is 5.66. The van der Waals surface area contributed by atoms with Crippen LogP contribution in [0.1, 0.15) is 32.3 Å². The molecule has 1 aromatic carbocycles. The molecule has 0 spiro atoms. The number of hydrogen-bond donors (Lipinski definition) is 3. The highest BCUT2D eigenvalue weighted by Gasteiger charge is 2.44. The molecule has 0 aliphatic heterocycles. The van der Waals surface area contributed by atoms with Gasteiger partial charge in [-0.15, -0.1) is 0 Å². The van der Waals surface area contributed by atoms with Crippen molar-refractivity contribution in [3.63, 3.8) is 0 Å². The molecule has 0 heterocycles. The largest absolute Gasteiger partial charge is 0.492 e. The second-order valence-corrected chi connectivity index (χ2v) is 6.05. The maximum Gasteiger partial charge on any atom is 0.170 e. The molecule has 1 aliphatic carbocycles. The summed E-state index contributed by atoms with van der Waals surface area (Å²) in [6, 6.07) is 7.19. The lowest BCUT2D eigenvalue weighted by molar-refractivity contribution is 0.289. The van der Waals surface area contributed by atoms with Crippen molar-refractivity contribution in [1.29, 1.82) is 0 Å². The molecule has 0 aromatic heterocycles. The van der Waals surface area contributed by atoms with E-state index in [1.807, 2.05) is 12.1 Å². The van der Waals surface area contributed by atoms with Gasteiger partial charge in [0, 0.05) is 18.7 Å². The van der Waals surface area contributed by atoms with Gasteiger partial charge in [0.05, 0.1) is 0 Å². The van der Waals surface area contributed by atoms with Crippen LogP contribution in [0.5, 0.6) is 5.75 Å². The maximum atomic E-state index is 8.59. The number of nitrogens with zero attached hydrogens (tertiary/aromatic N) is 1. The second kappa shape index (κ2) is 6.80. The van der Waals surface area contributed by atoms with Crippen molar-refractivity contribution in [2.45, 2.75) is 26.7 Å². The normalized spacial score (nSPS) is 17.0. The molecule has 0 saturated heterocycles. The summed E-state index contributed by atoms with van der Waals surface area (Å²) in [7, 11) is 0. The van der Waals surface area contributed by atoms with Crippen LogP contribution < -0.4 is 15.8 Å². The van der Waals surface area contributed by atoms with Gasteiger partial charge in [0.15, 0.2) is 5.84 Å². The van der Waals surface area contributed by atoms with Gasteiger partial charge in [-0.2, -0.15) is 0 Å². The number of nitrogens with one attached hydrogen (secondary N) is 1. The highest BCUT2D eigenvalue weighted by molar-refractivity contribution is 5.97. The highest BCUT2D eigenvalue weighted by Crippen LogP contribution is 2.51. The average molecular weight is 291 g/mol. The fourth-order valence-corrected chi connectivity index (χ4v) is 2.48. The first-order valence-electron chi connectivity index (χ1n) is 7.49. The molecule has 1 aromatic rings. The first-order chi connectivity index (χ1) is 10.1. The first kappa shape index (κ1) is 15.6. The Kier molecular flexibility index (Phi) is 5.07. The number of benzene rings is 1. The molecule has 5 heteroatoms. The van der Waals surface area contributed by atoms with Crippen LogP contribution in [-0.2, 0) is 0 Å². The second-order valence-electron chi connectivity index (χ2n) is 6.05. The monoisotopic (exact) mass is 291 g/mol. The predicted octanol–water partition coefficient (Wildman–Crippen LogP) is 2.19. The quantitative estimate of drug-likeness (QED) is 0.225. The van der Waals surface area contributed by atoms with Gasteiger partial charge in [0.1, 0.15) is 12.4 Å². The first-order valence-corrected chi connectivity index (χ1v) is 7.49. The van der Waals surface area contributed by atoms with E-state index >= 15 is 0 Å². The number of rotatable bonds is 8. The SMILES string of the molecule is CC(C)C1(CNCCOc2ccc(/C(N)=N/O)cc2)CC1. The van der Waals surface area contributed by atoms with Crippen LogP contribution in [0.4, 0.5) is 0 Å². The summed E-state index contributed by atoms with van der Waals surface area (Å²) in [4.78, 5) is 0. The molecule has 4 N–H and O–H groups in total. The molecular weight excluding hydrogens is 266 g/mol. The highest BCUT2D eigenvalue weighted by atomic mass is 16.5. The average Bonchev–Trinajstić information content (AvgIpc) is 3.28. The molecule has 5 nitrogen and oxygen atoms in total. The summed E-state index contributed by atoms with van der Waals surface area (Å²) in [5, 5.41) is 15.0. The lowest BCUT2D eigenvalue weighted by Crippen LogP contribution is -2.30. The van der Waals surface area contributed by atoms with Gasteiger partial charge < -0.3 is 21.0 Å². The third kappa shape index (κ3) is 4.11. The molecule has 2 rings (SSSR count). The van der Waals surface area contributed by atoms with E-state index in [1.165, 1.54) is 12.8 Å². The van der Waals surface area contributed by atoms with Crippen LogP contribution >= 0.6 is 0 Å². The number of amidine groups is 1. The minimum atomic E-state index is 0.103. The molecule has 0 radical (unpaired) electrons. The number of oxime groups is 1. The number of ether oxygens (including phenoxy) is 1. The van der Waals surface area contributed by atoms with Gasteiger partial charge in [-0.25, -0.2) is 0 Å². The summed E-state index contributed by atoms with van der Waals surface area (Å²) in [6.07, 6.45) is 2.68. The van der Waals surface area contributed by atoms with Crippen molar-refractivity contribution in [3.05, 3.63) is 29.8 Å². The van der Waals surface area contributed by atoms with Crippen LogP contribution in [0.3, 0.4) is 0 Å². The molecule has 21 heavy (non-hydrogen) atoms. The summed E-state index contributed by atoms with van der Waals surface area (Å²) in [5.74, 6) is 1.64. The predicted molar refractivity (Wildman–Crippen MR) is 83.8 cm³/mol. The number of hydrogen-bond acceptors (Lipinski definition) is 4. The van der Waals surface area contributed by atoms with Gasteiger partial charge in [0.25, 0.3) is 0 Å². The van der Waals surface area contributed by atoms with Crippen molar-refractivity contribution < 1.29 is 9.94 Å². The molecule has 0 unspecified atom stereocenters. The topological polar surface area (TPSA) is 79.9 Å². The Labute approximate surface area is 126 Å². The van der Waals surface area contributed by atoms with Gasteiger partial charge >= 0.3 is 0 Å². The molecule has 116 valence electrons. The standard InChI is InChI=1S/C16H25N3O2/c1-12(2)16(7-8-16)11-18-9-10-21-14-5-3-13(4-6-14)15(17)19-20/h3-6,12,18,20H,7-11H2,1-2H3,(H2,17,19). The van der Waals surface area contributed by atoms with Crippen LogP contribution in [0.2, 0.25) is 0 Å². The molecule has 1 saturated carbocycles. The molecule has 1 aliphatic rings. The van der Waals surface area contributed by atoms with E-state index in [-0.39, 0.29) is 5.84 Å². The van der Waals surface area contributed by atoms with E-state index in [4.69, 9.17) is 15.7 Å². The Morgan fingerprint density at radius 1 is 1.38 bits per heavy atom. The van der Waals surface area contributed by atoms with Crippen molar-refractivity contribution in [3.8, 4) is 5.75 Å². The van der Waals surface area contributed by atoms with E-state index in [0.717, 1.165) is 24.8 Å². The van der Waals surface area contributed by atoms with Gasteiger partial charge in [-0.05, 0) is 48.4 Å². The fraction of sp³-hybridized carbons (Fsp3) is 0.562. The lowest BCUT2D eigenvalue weighted by atomic mass is 9.92. The molecule has 1 fully saturated rings. The smallest absolute Gasteiger partial charge is 0.170 e. The molecule has 0 bridgehead atoms.